The third-order valence-electron chi connectivity index (χ3n) is 3.96. The average Bonchev–Trinajstić information content (AvgIpc) is 2.88. The number of nitrogens with two attached hydrogens (primary N) is 1. The summed E-state index contributed by atoms with van der Waals surface area (Å²) in [5.41, 5.74) is 5.05. The highest BCUT2D eigenvalue weighted by Crippen LogP contribution is 2.17. The molecule has 1 aliphatic rings. The van der Waals surface area contributed by atoms with Crippen molar-refractivity contribution in [2.75, 3.05) is 13.1 Å². The molecule has 114 valence electrons. The monoisotopic (exact) mass is 300 g/mol. The number of nitrogens with zero attached hydrogens (tertiary/aromatic N) is 3. The molecule has 2 amide bonds. The lowest BCUT2D eigenvalue weighted by molar-refractivity contribution is -0.128. The fourth-order valence-electron chi connectivity index (χ4n) is 2.68. The summed E-state index contributed by atoms with van der Waals surface area (Å²) in [7, 11) is 0. The largest absolute Gasteiger partial charge is 0.369 e. The van der Waals surface area contributed by atoms with Crippen molar-refractivity contribution in [1.29, 1.82) is 0 Å². The maximum Gasteiger partial charge on any atom is 0.274 e. The standard InChI is InChI=1S/C15H16N4O3/c16-14(21)11-7-13(20)18(9-11)5-6-19-15(22)12-4-2-1-3-10(12)8-17-19/h1-4,8,11H,5-7,9H2,(H2,16,21). The molecule has 1 aromatic heterocycles. The number of rotatable bonds is 4. The molecular formula is C15H16N4O3. The van der Waals surface area contributed by atoms with Gasteiger partial charge in [0.05, 0.1) is 24.0 Å². The van der Waals surface area contributed by atoms with Gasteiger partial charge >= 0.3 is 0 Å². The van der Waals surface area contributed by atoms with Crippen LogP contribution in [0.2, 0.25) is 0 Å². The molecule has 2 heterocycles. The van der Waals surface area contributed by atoms with Gasteiger partial charge in [-0.2, -0.15) is 5.10 Å². The first kappa shape index (κ1) is 14.2. The number of carbonyl (C=O) groups is 2. The molecule has 0 saturated carbocycles. The molecule has 1 fully saturated rings. The van der Waals surface area contributed by atoms with Crippen LogP contribution in [-0.2, 0) is 16.1 Å². The van der Waals surface area contributed by atoms with E-state index in [4.69, 9.17) is 5.73 Å². The molecule has 7 nitrogen and oxygen atoms in total. The maximum absolute atomic E-state index is 12.3. The number of likely N-dealkylation sites (tertiary alicyclic amines) is 1. The Morgan fingerprint density at radius 3 is 2.77 bits per heavy atom. The van der Waals surface area contributed by atoms with E-state index in [-0.39, 0.29) is 17.9 Å². The lowest BCUT2D eigenvalue weighted by Gasteiger charge is -2.16. The van der Waals surface area contributed by atoms with Crippen molar-refractivity contribution in [2.45, 2.75) is 13.0 Å². The van der Waals surface area contributed by atoms with Crippen molar-refractivity contribution in [3.05, 3.63) is 40.8 Å². The van der Waals surface area contributed by atoms with Gasteiger partial charge in [0.1, 0.15) is 0 Å². The van der Waals surface area contributed by atoms with E-state index >= 15 is 0 Å². The minimum absolute atomic E-state index is 0.113. The van der Waals surface area contributed by atoms with Crippen LogP contribution in [0.3, 0.4) is 0 Å². The molecule has 1 atom stereocenters. The molecule has 2 N–H and O–H groups in total. The summed E-state index contributed by atoms with van der Waals surface area (Å²) in [6.45, 7) is 0.950. The van der Waals surface area contributed by atoms with Crippen molar-refractivity contribution >= 4 is 22.6 Å². The van der Waals surface area contributed by atoms with E-state index in [0.29, 0.717) is 25.0 Å². The number of hydrogen-bond donors (Lipinski definition) is 1. The van der Waals surface area contributed by atoms with E-state index in [2.05, 4.69) is 5.10 Å². The zero-order valence-corrected chi connectivity index (χ0v) is 11.9. The summed E-state index contributed by atoms with van der Waals surface area (Å²) >= 11 is 0. The van der Waals surface area contributed by atoms with Gasteiger partial charge in [-0.15, -0.1) is 0 Å². The van der Waals surface area contributed by atoms with Gasteiger partial charge in [-0.3, -0.25) is 14.4 Å². The Hall–Kier alpha value is -2.70. The Balaban J connectivity index is 1.75. The maximum atomic E-state index is 12.3. The van der Waals surface area contributed by atoms with E-state index < -0.39 is 11.8 Å². The summed E-state index contributed by atoms with van der Waals surface area (Å²) in [6.07, 6.45) is 1.78. The van der Waals surface area contributed by atoms with Crippen LogP contribution in [0.1, 0.15) is 6.42 Å². The van der Waals surface area contributed by atoms with Crippen molar-refractivity contribution in [3.8, 4) is 0 Å². The van der Waals surface area contributed by atoms with Gasteiger partial charge in [0.25, 0.3) is 5.56 Å². The molecule has 1 saturated heterocycles. The van der Waals surface area contributed by atoms with Crippen LogP contribution in [0.5, 0.6) is 0 Å². The van der Waals surface area contributed by atoms with E-state index in [1.807, 2.05) is 12.1 Å². The van der Waals surface area contributed by atoms with Crippen LogP contribution in [0.4, 0.5) is 0 Å². The zero-order valence-electron chi connectivity index (χ0n) is 11.9. The summed E-state index contributed by atoms with van der Waals surface area (Å²) < 4.78 is 1.34. The number of primary amides is 1. The molecule has 3 rings (SSSR count). The van der Waals surface area contributed by atoms with Crippen LogP contribution in [0.25, 0.3) is 10.8 Å². The van der Waals surface area contributed by atoms with Gasteiger partial charge in [-0.1, -0.05) is 18.2 Å². The molecule has 0 aliphatic carbocycles. The van der Waals surface area contributed by atoms with Gasteiger partial charge in [0.15, 0.2) is 0 Å². The minimum atomic E-state index is -0.461. The number of hydrogen-bond acceptors (Lipinski definition) is 4. The summed E-state index contributed by atoms with van der Waals surface area (Å²) in [5, 5.41) is 5.51. The molecule has 1 unspecified atom stereocenters. The number of benzene rings is 1. The molecule has 7 heteroatoms. The Bertz CT molecular complexity index is 799. The number of fused-ring (bicyclic) bond motifs is 1. The molecule has 22 heavy (non-hydrogen) atoms. The summed E-state index contributed by atoms with van der Waals surface area (Å²) in [4.78, 5) is 36.8. The lowest BCUT2D eigenvalue weighted by Crippen LogP contribution is -2.34. The van der Waals surface area contributed by atoms with Gasteiger partial charge in [0, 0.05) is 24.9 Å². The topological polar surface area (TPSA) is 98.3 Å². The van der Waals surface area contributed by atoms with Crippen molar-refractivity contribution < 1.29 is 9.59 Å². The quantitative estimate of drug-likeness (QED) is 0.840. The summed E-state index contributed by atoms with van der Waals surface area (Å²) in [6, 6.07) is 7.23. The molecular weight excluding hydrogens is 284 g/mol. The predicted molar refractivity (Wildman–Crippen MR) is 79.9 cm³/mol. The number of carbonyl (C=O) groups excluding carboxylic acids is 2. The third-order valence-corrected chi connectivity index (χ3v) is 3.96. The van der Waals surface area contributed by atoms with Gasteiger partial charge in [-0.25, -0.2) is 4.68 Å². The lowest BCUT2D eigenvalue weighted by atomic mass is 10.1. The van der Waals surface area contributed by atoms with E-state index in [1.165, 1.54) is 4.68 Å². The highest BCUT2D eigenvalue weighted by atomic mass is 16.2. The van der Waals surface area contributed by atoms with Crippen LogP contribution in [0.15, 0.2) is 35.3 Å². The van der Waals surface area contributed by atoms with Crippen LogP contribution >= 0.6 is 0 Å². The van der Waals surface area contributed by atoms with E-state index in [0.717, 1.165) is 5.39 Å². The predicted octanol–water partition coefficient (Wildman–Crippen LogP) is -0.270. The van der Waals surface area contributed by atoms with E-state index in [1.54, 1.807) is 23.2 Å². The fourth-order valence-corrected chi connectivity index (χ4v) is 2.68. The normalized spacial score (nSPS) is 18.1. The Morgan fingerprint density at radius 1 is 1.27 bits per heavy atom. The zero-order chi connectivity index (χ0) is 15.7. The second-order valence-electron chi connectivity index (χ2n) is 5.40. The fraction of sp³-hybridized carbons (Fsp3) is 0.333. The third kappa shape index (κ3) is 2.57. The molecule has 0 radical (unpaired) electrons. The smallest absolute Gasteiger partial charge is 0.274 e. The first-order valence-corrected chi connectivity index (χ1v) is 7.08. The molecule has 1 aliphatic heterocycles. The summed E-state index contributed by atoms with van der Waals surface area (Å²) in [5.74, 6) is -1.01. The Morgan fingerprint density at radius 2 is 2.05 bits per heavy atom. The van der Waals surface area contributed by atoms with Crippen molar-refractivity contribution in [1.82, 2.24) is 14.7 Å². The van der Waals surface area contributed by atoms with E-state index in [9.17, 15) is 14.4 Å². The van der Waals surface area contributed by atoms with Crippen LogP contribution in [-0.4, -0.2) is 39.6 Å². The minimum Gasteiger partial charge on any atom is -0.369 e. The van der Waals surface area contributed by atoms with Crippen LogP contribution < -0.4 is 11.3 Å². The highest BCUT2D eigenvalue weighted by molar-refractivity contribution is 5.88. The Labute approximate surface area is 126 Å². The van der Waals surface area contributed by atoms with Gasteiger partial charge in [-0.05, 0) is 6.07 Å². The average molecular weight is 300 g/mol. The highest BCUT2D eigenvalue weighted by Gasteiger charge is 2.32. The van der Waals surface area contributed by atoms with Crippen LogP contribution in [0, 0.1) is 5.92 Å². The molecule has 0 bridgehead atoms. The number of amides is 2. The second-order valence-corrected chi connectivity index (χ2v) is 5.40. The van der Waals surface area contributed by atoms with Gasteiger partial charge in [0.2, 0.25) is 11.8 Å². The first-order valence-electron chi connectivity index (χ1n) is 7.08. The Kier molecular flexibility index (Phi) is 3.62. The molecule has 1 aromatic carbocycles. The molecule has 0 spiro atoms. The van der Waals surface area contributed by atoms with Crippen molar-refractivity contribution in [3.63, 3.8) is 0 Å². The van der Waals surface area contributed by atoms with Gasteiger partial charge < -0.3 is 10.6 Å². The number of aromatic nitrogens is 2. The molecule has 2 aromatic rings. The SMILES string of the molecule is NC(=O)C1CC(=O)N(CCn2ncc3ccccc3c2=O)C1. The first-order chi connectivity index (χ1) is 10.6. The second kappa shape index (κ2) is 5.59. The van der Waals surface area contributed by atoms with Crippen molar-refractivity contribution in [2.24, 2.45) is 11.7 Å².